The smallest absolute Gasteiger partial charge is 0.273 e. The molecule has 7 nitrogen and oxygen atoms in total. The van der Waals surface area contributed by atoms with Gasteiger partial charge in [-0.25, -0.2) is 0 Å². The van der Waals surface area contributed by atoms with E-state index in [1.807, 2.05) is 40.7 Å². The van der Waals surface area contributed by atoms with E-state index in [2.05, 4.69) is 0 Å². The molecule has 36 heavy (non-hydrogen) atoms. The minimum absolute atomic E-state index is 0.0263. The molecule has 0 radical (unpaired) electrons. The van der Waals surface area contributed by atoms with E-state index in [1.54, 1.807) is 19.1 Å². The topological polar surface area (TPSA) is 99.7 Å². The van der Waals surface area contributed by atoms with Crippen LogP contribution in [0, 0.1) is 34.8 Å². The number of carbonyl (C=O) groups excluding carboxylic acids is 2. The summed E-state index contributed by atoms with van der Waals surface area (Å²) >= 11 is 0. The second-order valence-corrected chi connectivity index (χ2v) is 12.0. The molecular weight excluding hydrogens is 458 g/mol. The van der Waals surface area contributed by atoms with Crippen molar-refractivity contribution in [2.24, 2.45) is 10.8 Å². The molecule has 1 aromatic heterocycles. The van der Waals surface area contributed by atoms with Gasteiger partial charge in [0, 0.05) is 54.0 Å². The number of benzene rings is 1. The molecule has 188 valence electrons. The summed E-state index contributed by atoms with van der Waals surface area (Å²) in [6, 6.07) is 6.90. The molecule has 2 aromatic rings. The Morgan fingerprint density at radius 3 is 1.97 bits per heavy atom. The van der Waals surface area contributed by atoms with Crippen molar-refractivity contribution in [1.29, 1.82) is 0 Å². The fourth-order valence-electron chi connectivity index (χ4n) is 5.79. The summed E-state index contributed by atoms with van der Waals surface area (Å²) in [4.78, 5) is 38.0. The van der Waals surface area contributed by atoms with Gasteiger partial charge in [0.15, 0.2) is 11.6 Å². The Morgan fingerprint density at radius 1 is 0.889 bits per heavy atom. The summed E-state index contributed by atoms with van der Waals surface area (Å²) in [5.74, 6) is 1.50. The Labute approximate surface area is 210 Å². The SMILES string of the molecule is Cc1cc(-c2ccc(C3C4=C(CC(C)(C)CC4=O)OC4=C3C(=O)CC(C)(C)C4)o2)cc([N+](=O)[O-])c1C. The van der Waals surface area contributed by atoms with E-state index >= 15 is 0 Å². The largest absolute Gasteiger partial charge is 0.465 e. The number of Topliss-reactive ketones (excluding diaryl/α,β-unsaturated/α-hetero) is 2. The summed E-state index contributed by atoms with van der Waals surface area (Å²) in [7, 11) is 0. The van der Waals surface area contributed by atoms with Gasteiger partial charge in [0.2, 0.25) is 0 Å². The maximum absolute atomic E-state index is 13.4. The van der Waals surface area contributed by atoms with Gasteiger partial charge in [0.25, 0.3) is 5.69 Å². The lowest BCUT2D eigenvalue weighted by Crippen LogP contribution is -2.37. The van der Waals surface area contributed by atoms with Crippen molar-refractivity contribution in [2.45, 2.75) is 73.1 Å². The van der Waals surface area contributed by atoms with Crippen molar-refractivity contribution in [1.82, 2.24) is 0 Å². The Hall–Kier alpha value is -3.48. The zero-order valence-corrected chi connectivity index (χ0v) is 21.6. The first-order valence-electron chi connectivity index (χ1n) is 12.3. The highest BCUT2D eigenvalue weighted by Crippen LogP contribution is 2.53. The normalized spacial score (nSPS) is 21.3. The van der Waals surface area contributed by atoms with E-state index in [9.17, 15) is 19.7 Å². The van der Waals surface area contributed by atoms with E-state index in [4.69, 9.17) is 9.15 Å². The van der Waals surface area contributed by atoms with Crippen molar-refractivity contribution < 1.29 is 23.7 Å². The van der Waals surface area contributed by atoms with Crippen LogP contribution < -0.4 is 0 Å². The molecule has 0 amide bonds. The van der Waals surface area contributed by atoms with Crippen molar-refractivity contribution in [2.75, 3.05) is 0 Å². The molecule has 0 bridgehead atoms. The van der Waals surface area contributed by atoms with Gasteiger partial charge in [-0.05, 0) is 48.4 Å². The van der Waals surface area contributed by atoms with E-state index in [0.717, 1.165) is 5.56 Å². The molecule has 7 heteroatoms. The van der Waals surface area contributed by atoms with Crippen molar-refractivity contribution in [3.63, 3.8) is 0 Å². The van der Waals surface area contributed by atoms with Crippen LogP contribution in [-0.2, 0) is 14.3 Å². The van der Waals surface area contributed by atoms with Crippen LogP contribution in [0.3, 0.4) is 0 Å². The highest BCUT2D eigenvalue weighted by Gasteiger charge is 2.48. The predicted molar refractivity (Wildman–Crippen MR) is 134 cm³/mol. The Kier molecular flexibility index (Phi) is 5.39. The molecule has 0 spiro atoms. The third kappa shape index (κ3) is 4.00. The maximum atomic E-state index is 13.4. The summed E-state index contributed by atoms with van der Waals surface area (Å²) in [5, 5.41) is 11.6. The van der Waals surface area contributed by atoms with Crippen LogP contribution in [-0.4, -0.2) is 16.5 Å². The van der Waals surface area contributed by atoms with Gasteiger partial charge in [0.1, 0.15) is 23.0 Å². The first-order chi connectivity index (χ1) is 16.8. The van der Waals surface area contributed by atoms with Gasteiger partial charge in [-0.2, -0.15) is 0 Å². The van der Waals surface area contributed by atoms with Crippen LogP contribution >= 0.6 is 0 Å². The summed E-state index contributed by atoms with van der Waals surface area (Å²) in [5.41, 5.74) is 2.54. The van der Waals surface area contributed by atoms with Crippen LogP contribution in [0.1, 0.15) is 76.2 Å². The van der Waals surface area contributed by atoms with Crippen LogP contribution in [0.4, 0.5) is 5.69 Å². The standard InChI is InChI=1S/C29H31NO6/c1-15-9-17(10-18(16(15)2)30(33)34)21-7-8-22(35-21)27-25-19(31)11-28(3,4)13-23(25)36-24-14-29(5,6)12-20(32)26(24)27/h7-10,27H,11-14H2,1-6H3. The van der Waals surface area contributed by atoms with Gasteiger partial charge in [0.05, 0.1) is 10.8 Å². The minimum Gasteiger partial charge on any atom is -0.465 e. The number of allylic oxidation sites excluding steroid dienone is 4. The van der Waals surface area contributed by atoms with E-state index < -0.39 is 10.8 Å². The Bertz CT molecular complexity index is 1350. The van der Waals surface area contributed by atoms with Crippen LogP contribution in [0.25, 0.3) is 11.3 Å². The lowest BCUT2D eigenvalue weighted by Gasteiger charge is -2.42. The number of nitro groups is 1. The number of nitro benzene ring substituents is 1. The number of ether oxygens (including phenoxy) is 1. The highest BCUT2D eigenvalue weighted by molar-refractivity contribution is 6.06. The van der Waals surface area contributed by atoms with Crippen molar-refractivity contribution >= 4 is 17.3 Å². The van der Waals surface area contributed by atoms with Gasteiger partial charge < -0.3 is 9.15 Å². The van der Waals surface area contributed by atoms with Crippen LogP contribution in [0.15, 0.2) is 51.3 Å². The number of aryl methyl sites for hydroxylation is 1. The summed E-state index contributed by atoms with van der Waals surface area (Å²) < 4.78 is 12.6. The second kappa shape index (κ2) is 8.02. The predicted octanol–water partition coefficient (Wildman–Crippen LogP) is 6.87. The fourth-order valence-corrected chi connectivity index (χ4v) is 5.79. The van der Waals surface area contributed by atoms with E-state index in [-0.39, 0.29) is 28.1 Å². The zero-order chi connectivity index (χ0) is 26.2. The average molecular weight is 490 g/mol. The number of ketones is 2. The molecule has 5 rings (SSSR count). The molecule has 0 unspecified atom stereocenters. The van der Waals surface area contributed by atoms with Crippen molar-refractivity contribution in [3.05, 3.63) is 73.9 Å². The lowest BCUT2D eigenvalue weighted by atomic mass is 9.66. The molecule has 2 heterocycles. The first kappa shape index (κ1) is 24.2. The lowest BCUT2D eigenvalue weighted by molar-refractivity contribution is -0.385. The van der Waals surface area contributed by atoms with Gasteiger partial charge in [-0.1, -0.05) is 27.7 Å². The molecule has 1 aliphatic heterocycles. The molecular formula is C29H31NO6. The third-order valence-corrected chi connectivity index (χ3v) is 7.61. The molecule has 0 atom stereocenters. The van der Waals surface area contributed by atoms with Gasteiger partial charge >= 0.3 is 0 Å². The molecule has 0 saturated carbocycles. The highest BCUT2D eigenvalue weighted by atomic mass is 16.6. The monoisotopic (exact) mass is 489 g/mol. The zero-order valence-electron chi connectivity index (χ0n) is 21.6. The maximum Gasteiger partial charge on any atom is 0.273 e. The first-order valence-corrected chi connectivity index (χ1v) is 12.3. The molecule has 0 fully saturated rings. The Morgan fingerprint density at radius 2 is 1.44 bits per heavy atom. The molecule has 2 aliphatic carbocycles. The quantitative estimate of drug-likeness (QED) is 0.344. The number of hydrogen-bond acceptors (Lipinski definition) is 6. The van der Waals surface area contributed by atoms with E-state index in [0.29, 0.717) is 71.0 Å². The fraction of sp³-hybridized carbons (Fsp3) is 0.448. The second-order valence-electron chi connectivity index (χ2n) is 12.0. The van der Waals surface area contributed by atoms with Crippen molar-refractivity contribution in [3.8, 4) is 11.3 Å². The molecule has 0 saturated heterocycles. The van der Waals surface area contributed by atoms with Crippen LogP contribution in [0.2, 0.25) is 0 Å². The molecule has 1 aromatic carbocycles. The third-order valence-electron chi connectivity index (χ3n) is 7.61. The average Bonchev–Trinajstić information content (AvgIpc) is 3.22. The van der Waals surface area contributed by atoms with Crippen LogP contribution in [0.5, 0.6) is 0 Å². The number of carbonyl (C=O) groups is 2. The summed E-state index contributed by atoms with van der Waals surface area (Å²) in [6.45, 7) is 11.7. The summed E-state index contributed by atoms with van der Waals surface area (Å²) in [6.07, 6.45) is 1.94. The number of rotatable bonds is 3. The van der Waals surface area contributed by atoms with Gasteiger partial charge in [-0.3, -0.25) is 19.7 Å². The number of nitrogens with zero attached hydrogens (tertiary/aromatic N) is 1. The number of hydrogen-bond donors (Lipinski definition) is 0. The molecule has 0 N–H and O–H groups in total. The van der Waals surface area contributed by atoms with E-state index in [1.165, 1.54) is 6.07 Å². The molecule has 3 aliphatic rings. The minimum atomic E-state index is -0.633. The van der Waals surface area contributed by atoms with Gasteiger partial charge in [-0.15, -0.1) is 0 Å². The Balaban J connectivity index is 1.65. The number of furan rings is 1.